The van der Waals surface area contributed by atoms with E-state index in [0.29, 0.717) is 11.0 Å². The molecule has 7 nitrogen and oxygen atoms in total. The molecule has 3 rings (SSSR count). The molecule has 0 spiro atoms. The Hall–Kier alpha value is -3.55. The molecule has 0 aliphatic rings. The van der Waals surface area contributed by atoms with E-state index in [1.54, 1.807) is 24.3 Å². The first-order valence-corrected chi connectivity index (χ1v) is 6.74. The lowest BCUT2D eigenvalue weighted by atomic mass is 10.1. The molecule has 2 aromatic carbocycles. The highest BCUT2D eigenvalue weighted by Crippen LogP contribution is 2.22. The highest BCUT2D eigenvalue weighted by molar-refractivity contribution is 6.05. The fourth-order valence-corrected chi connectivity index (χ4v) is 2.15. The number of anilines is 1. The van der Waals surface area contributed by atoms with Crippen molar-refractivity contribution in [3.8, 4) is 0 Å². The minimum Gasteiger partial charge on any atom is -0.422 e. The van der Waals surface area contributed by atoms with Crippen molar-refractivity contribution in [2.24, 2.45) is 0 Å². The second-order valence-electron chi connectivity index (χ2n) is 4.86. The Balaban J connectivity index is 1.96. The van der Waals surface area contributed by atoms with Crippen LogP contribution < -0.4 is 10.9 Å². The zero-order valence-electron chi connectivity index (χ0n) is 12.0. The summed E-state index contributed by atoms with van der Waals surface area (Å²) in [5.74, 6) is -1.83. The summed E-state index contributed by atoms with van der Waals surface area (Å²) in [6.07, 6.45) is 0. The summed E-state index contributed by atoms with van der Waals surface area (Å²) in [7, 11) is 0. The van der Waals surface area contributed by atoms with Gasteiger partial charge in [-0.3, -0.25) is 14.9 Å². The molecular formula is C16H9FN2O5. The van der Waals surface area contributed by atoms with Crippen LogP contribution in [-0.2, 0) is 0 Å². The lowest BCUT2D eigenvalue weighted by Gasteiger charge is -2.05. The number of nitro benzene ring substituents is 1. The number of halogens is 1. The second kappa shape index (κ2) is 5.92. The molecule has 0 saturated carbocycles. The van der Waals surface area contributed by atoms with Crippen molar-refractivity contribution >= 4 is 28.3 Å². The molecule has 1 aromatic heterocycles. The molecule has 120 valence electrons. The van der Waals surface area contributed by atoms with Gasteiger partial charge in [0.25, 0.3) is 5.91 Å². The number of benzene rings is 2. The van der Waals surface area contributed by atoms with Gasteiger partial charge in [0.15, 0.2) is 0 Å². The van der Waals surface area contributed by atoms with Gasteiger partial charge in [-0.25, -0.2) is 4.79 Å². The predicted molar refractivity (Wildman–Crippen MR) is 83.5 cm³/mol. The van der Waals surface area contributed by atoms with E-state index in [2.05, 4.69) is 5.32 Å². The van der Waals surface area contributed by atoms with Gasteiger partial charge in [0, 0.05) is 17.1 Å². The Morgan fingerprint density at radius 3 is 2.67 bits per heavy atom. The summed E-state index contributed by atoms with van der Waals surface area (Å²) in [4.78, 5) is 33.9. The molecule has 0 aliphatic carbocycles. The van der Waals surface area contributed by atoms with Crippen molar-refractivity contribution in [1.82, 2.24) is 0 Å². The number of para-hydroxylation sites is 1. The summed E-state index contributed by atoms with van der Waals surface area (Å²) in [5, 5.41) is 13.6. The average molecular weight is 328 g/mol. The number of carbonyl (C=O) groups is 1. The summed E-state index contributed by atoms with van der Waals surface area (Å²) in [6, 6.07) is 10.9. The van der Waals surface area contributed by atoms with Gasteiger partial charge in [0.2, 0.25) is 5.82 Å². The Labute approximate surface area is 133 Å². The van der Waals surface area contributed by atoms with Crippen LogP contribution in [0.2, 0.25) is 0 Å². The standard InChI is InChI=1S/C16H9FN2O5/c17-12-6-5-10(8-13(12)19(22)23)18-15(20)11-7-9-3-1-2-4-14(9)24-16(11)21/h1-8H,(H,18,20). The van der Waals surface area contributed by atoms with Crippen LogP contribution in [0, 0.1) is 15.9 Å². The minimum atomic E-state index is -1.02. The lowest BCUT2D eigenvalue weighted by Crippen LogP contribution is -2.20. The van der Waals surface area contributed by atoms with E-state index in [0.717, 1.165) is 18.2 Å². The minimum absolute atomic E-state index is 0.0133. The molecule has 0 saturated heterocycles. The van der Waals surface area contributed by atoms with Gasteiger partial charge in [0.05, 0.1) is 4.92 Å². The largest absolute Gasteiger partial charge is 0.422 e. The maximum atomic E-state index is 13.3. The molecule has 1 heterocycles. The molecule has 24 heavy (non-hydrogen) atoms. The third kappa shape index (κ3) is 2.84. The van der Waals surface area contributed by atoms with Crippen LogP contribution in [0.1, 0.15) is 10.4 Å². The van der Waals surface area contributed by atoms with E-state index < -0.39 is 28.0 Å². The van der Waals surface area contributed by atoms with Crippen LogP contribution in [0.5, 0.6) is 0 Å². The highest BCUT2D eigenvalue weighted by atomic mass is 19.1. The Kier molecular flexibility index (Phi) is 3.78. The Bertz CT molecular complexity index is 1030. The Morgan fingerprint density at radius 1 is 1.17 bits per heavy atom. The normalized spacial score (nSPS) is 10.5. The summed E-state index contributed by atoms with van der Waals surface area (Å²) in [6.45, 7) is 0. The SMILES string of the molecule is O=C(Nc1ccc(F)c([N+](=O)[O-])c1)c1cc2ccccc2oc1=O. The van der Waals surface area contributed by atoms with Crippen molar-refractivity contribution in [3.05, 3.63) is 80.4 Å². The molecule has 8 heteroatoms. The molecule has 1 N–H and O–H groups in total. The monoisotopic (exact) mass is 328 g/mol. The zero-order chi connectivity index (χ0) is 17.3. The summed E-state index contributed by atoms with van der Waals surface area (Å²) >= 11 is 0. The maximum absolute atomic E-state index is 13.3. The quantitative estimate of drug-likeness (QED) is 0.452. The number of nitrogens with zero attached hydrogens (tertiary/aromatic N) is 1. The maximum Gasteiger partial charge on any atom is 0.349 e. The topological polar surface area (TPSA) is 102 Å². The third-order valence-electron chi connectivity index (χ3n) is 3.29. The fourth-order valence-electron chi connectivity index (χ4n) is 2.15. The van der Waals surface area contributed by atoms with Gasteiger partial charge < -0.3 is 9.73 Å². The molecule has 0 radical (unpaired) electrons. The summed E-state index contributed by atoms with van der Waals surface area (Å²) < 4.78 is 18.3. The molecule has 0 bridgehead atoms. The van der Waals surface area contributed by atoms with Gasteiger partial charge in [0.1, 0.15) is 11.1 Å². The number of amides is 1. The van der Waals surface area contributed by atoms with Crippen molar-refractivity contribution in [2.75, 3.05) is 5.32 Å². The van der Waals surface area contributed by atoms with Gasteiger partial charge in [-0.1, -0.05) is 18.2 Å². The zero-order valence-corrected chi connectivity index (χ0v) is 12.0. The fraction of sp³-hybridized carbons (Fsp3) is 0. The molecule has 0 fully saturated rings. The molecule has 0 aliphatic heterocycles. The first-order valence-electron chi connectivity index (χ1n) is 6.74. The molecule has 1 amide bonds. The lowest BCUT2D eigenvalue weighted by molar-refractivity contribution is -0.387. The van der Waals surface area contributed by atoms with Crippen LogP contribution in [0.3, 0.4) is 0 Å². The molecule has 0 atom stereocenters. The second-order valence-corrected chi connectivity index (χ2v) is 4.86. The van der Waals surface area contributed by atoms with Crippen LogP contribution in [-0.4, -0.2) is 10.8 Å². The van der Waals surface area contributed by atoms with Crippen molar-refractivity contribution in [2.45, 2.75) is 0 Å². The smallest absolute Gasteiger partial charge is 0.349 e. The van der Waals surface area contributed by atoms with E-state index in [1.165, 1.54) is 6.07 Å². The predicted octanol–water partition coefficient (Wildman–Crippen LogP) is 3.09. The molecule has 3 aromatic rings. The van der Waals surface area contributed by atoms with E-state index >= 15 is 0 Å². The first kappa shape index (κ1) is 15.3. The van der Waals surface area contributed by atoms with Gasteiger partial charge in [-0.05, 0) is 24.3 Å². The number of nitro groups is 1. The van der Waals surface area contributed by atoms with E-state index in [4.69, 9.17) is 4.42 Å². The van der Waals surface area contributed by atoms with Crippen molar-refractivity contribution < 1.29 is 18.5 Å². The summed E-state index contributed by atoms with van der Waals surface area (Å²) in [5.41, 5.74) is -1.57. The van der Waals surface area contributed by atoms with E-state index in [1.807, 2.05) is 0 Å². The van der Waals surface area contributed by atoms with Crippen LogP contribution in [0.25, 0.3) is 11.0 Å². The first-order chi connectivity index (χ1) is 11.5. The Morgan fingerprint density at radius 2 is 1.92 bits per heavy atom. The number of fused-ring (bicyclic) bond motifs is 1. The third-order valence-corrected chi connectivity index (χ3v) is 3.29. The van der Waals surface area contributed by atoms with Crippen LogP contribution in [0.4, 0.5) is 15.8 Å². The number of hydrogen-bond donors (Lipinski definition) is 1. The van der Waals surface area contributed by atoms with Crippen LogP contribution >= 0.6 is 0 Å². The van der Waals surface area contributed by atoms with Crippen molar-refractivity contribution in [3.63, 3.8) is 0 Å². The number of nitrogens with one attached hydrogen (secondary N) is 1. The highest BCUT2D eigenvalue weighted by Gasteiger charge is 2.18. The number of hydrogen-bond acceptors (Lipinski definition) is 5. The van der Waals surface area contributed by atoms with Gasteiger partial charge in [-0.2, -0.15) is 4.39 Å². The van der Waals surface area contributed by atoms with Gasteiger partial charge in [-0.15, -0.1) is 0 Å². The average Bonchev–Trinajstić information content (AvgIpc) is 2.55. The number of rotatable bonds is 3. The van der Waals surface area contributed by atoms with E-state index in [9.17, 15) is 24.1 Å². The van der Waals surface area contributed by atoms with Crippen molar-refractivity contribution in [1.29, 1.82) is 0 Å². The molecular weight excluding hydrogens is 319 g/mol. The van der Waals surface area contributed by atoms with Gasteiger partial charge >= 0.3 is 11.3 Å². The van der Waals surface area contributed by atoms with Crippen LogP contribution in [0.15, 0.2) is 57.7 Å². The molecule has 0 unspecified atom stereocenters. The number of carbonyl (C=O) groups excluding carboxylic acids is 1. The van der Waals surface area contributed by atoms with E-state index in [-0.39, 0.29) is 11.3 Å².